The van der Waals surface area contributed by atoms with E-state index < -0.39 is 0 Å². The number of rotatable bonds is 7. The number of nitrogens with one attached hydrogen (secondary N) is 2. The van der Waals surface area contributed by atoms with Crippen LogP contribution >= 0.6 is 12.2 Å². The standard InChI is InChI=1S/C19H17N3O4S/c23-18(15-8-6-14(7-9-15)13-4-2-1-3-5-13)20-10-11-25-17-12-16(26-22-17)19(27)21-24/h1-9,12,24H,10-11H2,(H,20,23)(H,21,27). The number of carbonyl (C=O) groups excluding carboxylic acids is 1. The lowest BCUT2D eigenvalue weighted by Gasteiger charge is -2.07. The van der Waals surface area contributed by atoms with Crippen molar-refractivity contribution in [2.45, 2.75) is 0 Å². The first-order valence-electron chi connectivity index (χ1n) is 8.15. The first kappa shape index (κ1) is 18.6. The second-order valence-corrected chi connectivity index (χ2v) is 5.93. The van der Waals surface area contributed by atoms with Crippen molar-refractivity contribution >= 4 is 23.1 Å². The second kappa shape index (κ2) is 8.93. The number of ether oxygens (including phenoxy) is 1. The zero-order chi connectivity index (χ0) is 19.1. The van der Waals surface area contributed by atoms with Crippen molar-refractivity contribution in [2.75, 3.05) is 13.2 Å². The van der Waals surface area contributed by atoms with E-state index in [-0.39, 0.29) is 29.1 Å². The van der Waals surface area contributed by atoms with E-state index in [9.17, 15) is 4.79 Å². The van der Waals surface area contributed by atoms with Gasteiger partial charge in [-0.05, 0) is 28.4 Å². The fourth-order valence-corrected chi connectivity index (χ4v) is 2.45. The van der Waals surface area contributed by atoms with E-state index >= 15 is 0 Å². The van der Waals surface area contributed by atoms with Gasteiger partial charge < -0.3 is 14.6 Å². The summed E-state index contributed by atoms with van der Waals surface area (Å²) in [6, 6.07) is 18.8. The Morgan fingerprint density at radius 2 is 1.81 bits per heavy atom. The summed E-state index contributed by atoms with van der Waals surface area (Å²) in [5.74, 6) is 0.207. The lowest BCUT2D eigenvalue weighted by atomic mass is 10.0. The zero-order valence-corrected chi connectivity index (χ0v) is 15.0. The van der Waals surface area contributed by atoms with E-state index in [2.05, 4.69) is 10.5 Å². The lowest BCUT2D eigenvalue weighted by Crippen LogP contribution is -2.28. The Balaban J connectivity index is 1.47. The van der Waals surface area contributed by atoms with Gasteiger partial charge in [0.2, 0.25) is 0 Å². The average molecular weight is 383 g/mol. The molecule has 8 heteroatoms. The van der Waals surface area contributed by atoms with E-state index in [1.165, 1.54) is 6.07 Å². The molecule has 0 saturated heterocycles. The van der Waals surface area contributed by atoms with E-state index in [1.807, 2.05) is 42.5 Å². The van der Waals surface area contributed by atoms with Gasteiger partial charge >= 0.3 is 0 Å². The molecule has 2 aromatic carbocycles. The van der Waals surface area contributed by atoms with Gasteiger partial charge in [0, 0.05) is 5.56 Å². The van der Waals surface area contributed by atoms with Crippen LogP contribution in [-0.4, -0.2) is 34.4 Å². The third-order valence-electron chi connectivity index (χ3n) is 3.71. The van der Waals surface area contributed by atoms with E-state index in [0.29, 0.717) is 12.1 Å². The van der Waals surface area contributed by atoms with Crippen molar-refractivity contribution in [3.8, 4) is 17.0 Å². The van der Waals surface area contributed by atoms with Gasteiger partial charge in [-0.2, -0.15) is 0 Å². The maximum atomic E-state index is 12.2. The predicted molar refractivity (Wildman–Crippen MR) is 103 cm³/mol. The summed E-state index contributed by atoms with van der Waals surface area (Å²) in [6.07, 6.45) is 0. The van der Waals surface area contributed by atoms with Gasteiger partial charge in [-0.1, -0.05) is 54.7 Å². The van der Waals surface area contributed by atoms with Crippen LogP contribution in [0.4, 0.5) is 0 Å². The third kappa shape index (κ3) is 4.90. The number of benzene rings is 2. The highest BCUT2D eigenvalue weighted by atomic mass is 32.1. The predicted octanol–water partition coefficient (Wildman–Crippen LogP) is 2.80. The minimum atomic E-state index is -0.190. The van der Waals surface area contributed by atoms with Crippen LogP contribution in [0.25, 0.3) is 11.1 Å². The molecule has 0 aliphatic carbocycles. The van der Waals surface area contributed by atoms with Crippen LogP contribution in [0.2, 0.25) is 0 Å². The quantitative estimate of drug-likeness (QED) is 0.328. The molecule has 27 heavy (non-hydrogen) atoms. The van der Waals surface area contributed by atoms with Gasteiger partial charge in [0.15, 0.2) is 10.7 Å². The maximum Gasteiger partial charge on any atom is 0.254 e. The summed E-state index contributed by atoms with van der Waals surface area (Å²) in [5.41, 5.74) is 4.51. The Morgan fingerprint density at radius 1 is 1.11 bits per heavy atom. The summed E-state index contributed by atoms with van der Waals surface area (Å²) in [4.78, 5) is 12.2. The van der Waals surface area contributed by atoms with Crippen LogP contribution in [0.5, 0.6) is 5.88 Å². The first-order valence-corrected chi connectivity index (χ1v) is 8.56. The van der Waals surface area contributed by atoms with Gasteiger partial charge in [0.25, 0.3) is 11.8 Å². The van der Waals surface area contributed by atoms with Crippen molar-refractivity contribution in [2.24, 2.45) is 0 Å². The fourth-order valence-electron chi connectivity index (χ4n) is 2.36. The number of carbonyl (C=O) groups is 1. The largest absolute Gasteiger partial charge is 0.474 e. The monoisotopic (exact) mass is 383 g/mol. The molecular formula is C19H17N3O4S. The van der Waals surface area contributed by atoms with Crippen molar-refractivity contribution in [1.82, 2.24) is 16.0 Å². The molecule has 0 aliphatic rings. The Hall–Kier alpha value is -3.23. The molecule has 0 unspecified atom stereocenters. The van der Waals surface area contributed by atoms with Crippen molar-refractivity contribution in [3.05, 3.63) is 72.0 Å². The maximum absolute atomic E-state index is 12.2. The highest BCUT2D eigenvalue weighted by Gasteiger charge is 2.10. The highest BCUT2D eigenvalue weighted by molar-refractivity contribution is 7.80. The number of hydrogen-bond donors (Lipinski definition) is 3. The molecule has 3 aromatic rings. The molecule has 3 rings (SSSR count). The molecule has 0 saturated carbocycles. The minimum absolute atomic E-state index is 0.00426. The van der Waals surface area contributed by atoms with Gasteiger partial charge in [-0.25, -0.2) is 0 Å². The van der Waals surface area contributed by atoms with Gasteiger partial charge in [-0.15, -0.1) is 0 Å². The number of hydrogen-bond acceptors (Lipinski definition) is 6. The molecular weight excluding hydrogens is 366 g/mol. The van der Waals surface area contributed by atoms with Crippen LogP contribution in [0, 0.1) is 0 Å². The van der Waals surface area contributed by atoms with Crippen molar-refractivity contribution in [1.29, 1.82) is 0 Å². The topological polar surface area (TPSA) is 96.6 Å². The fraction of sp³-hybridized carbons (Fsp3) is 0.105. The van der Waals surface area contributed by atoms with Crippen molar-refractivity contribution in [3.63, 3.8) is 0 Å². The smallest absolute Gasteiger partial charge is 0.254 e. The molecule has 3 N–H and O–H groups in total. The second-order valence-electron chi connectivity index (χ2n) is 5.52. The molecule has 138 valence electrons. The number of hydroxylamine groups is 1. The Labute approximate surface area is 160 Å². The molecule has 0 atom stereocenters. The summed E-state index contributed by atoms with van der Waals surface area (Å²) in [6.45, 7) is 0.503. The summed E-state index contributed by atoms with van der Waals surface area (Å²) < 4.78 is 10.2. The van der Waals surface area contributed by atoms with E-state index in [1.54, 1.807) is 17.6 Å². The molecule has 0 spiro atoms. The number of thiocarbonyl (C=S) groups is 1. The molecule has 0 fully saturated rings. The Kier molecular flexibility index (Phi) is 6.14. The normalized spacial score (nSPS) is 10.3. The lowest BCUT2D eigenvalue weighted by molar-refractivity contribution is 0.0946. The Morgan fingerprint density at radius 3 is 2.52 bits per heavy atom. The molecule has 1 heterocycles. The third-order valence-corrected chi connectivity index (χ3v) is 4.00. The van der Waals surface area contributed by atoms with Crippen molar-refractivity contribution < 1.29 is 19.3 Å². The van der Waals surface area contributed by atoms with Crippen LogP contribution in [0.3, 0.4) is 0 Å². The van der Waals surface area contributed by atoms with E-state index in [0.717, 1.165) is 11.1 Å². The van der Waals surface area contributed by atoms with Crippen LogP contribution in [0.1, 0.15) is 16.1 Å². The zero-order valence-electron chi connectivity index (χ0n) is 14.2. The Bertz CT molecular complexity index is 910. The van der Waals surface area contributed by atoms with Gasteiger partial charge in [-0.3, -0.25) is 15.5 Å². The average Bonchev–Trinajstić information content (AvgIpc) is 3.20. The van der Waals surface area contributed by atoms with Crippen LogP contribution in [0.15, 0.2) is 65.2 Å². The highest BCUT2D eigenvalue weighted by Crippen LogP contribution is 2.19. The summed E-state index contributed by atoms with van der Waals surface area (Å²) in [5, 5.41) is 15.1. The van der Waals surface area contributed by atoms with Crippen LogP contribution < -0.4 is 15.5 Å². The molecule has 7 nitrogen and oxygen atoms in total. The van der Waals surface area contributed by atoms with Gasteiger partial charge in [0.1, 0.15) is 6.61 Å². The van der Waals surface area contributed by atoms with Gasteiger partial charge in [0.05, 0.1) is 12.6 Å². The van der Waals surface area contributed by atoms with Crippen LogP contribution in [-0.2, 0) is 0 Å². The first-order chi connectivity index (χ1) is 13.2. The number of nitrogens with zero attached hydrogens (tertiary/aromatic N) is 1. The molecule has 1 amide bonds. The molecule has 0 aliphatic heterocycles. The minimum Gasteiger partial charge on any atom is -0.474 e. The number of amides is 1. The molecule has 1 aromatic heterocycles. The SMILES string of the molecule is O=C(NCCOc1cc(C(=S)NO)on1)c1ccc(-c2ccccc2)cc1. The summed E-state index contributed by atoms with van der Waals surface area (Å²) in [7, 11) is 0. The number of aromatic nitrogens is 1. The molecule has 0 radical (unpaired) electrons. The summed E-state index contributed by atoms with van der Waals surface area (Å²) >= 11 is 4.79. The van der Waals surface area contributed by atoms with E-state index in [4.69, 9.17) is 26.7 Å². The molecule has 0 bridgehead atoms.